The summed E-state index contributed by atoms with van der Waals surface area (Å²) in [4.78, 5) is 2.39. The fourth-order valence-electron chi connectivity index (χ4n) is 2.81. The molecule has 2 nitrogen and oxygen atoms in total. The van der Waals surface area contributed by atoms with Crippen LogP contribution in [0.25, 0.3) is 0 Å². The van der Waals surface area contributed by atoms with E-state index in [4.69, 9.17) is 5.73 Å². The van der Waals surface area contributed by atoms with E-state index in [0.717, 1.165) is 24.3 Å². The smallest absolute Gasteiger partial charge is 0.126 e. The van der Waals surface area contributed by atoms with Crippen LogP contribution in [0.3, 0.4) is 0 Å². The van der Waals surface area contributed by atoms with Gasteiger partial charge in [-0.05, 0) is 49.9 Å². The predicted octanol–water partition coefficient (Wildman–Crippen LogP) is 3.92. The first-order valence-electron chi connectivity index (χ1n) is 7.40. The Morgan fingerprint density at radius 3 is 2.26 bits per heavy atom. The first-order chi connectivity index (χ1) is 9.09. The molecule has 1 heterocycles. The number of nitrogens with zero attached hydrogens (tertiary/aromatic N) is 1. The van der Waals surface area contributed by atoms with Gasteiger partial charge in [0.15, 0.2) is 0 Å². The number of benzene rings is 1. The Morgan fingerprint density at radius 2 is 1.68 bits per heavy atom. The van der Waals surface area contributed by atoms with Gasteiger partial charge >= 0.3 is 0 Å². The largest absolute Gasteiger partial charge is 0.371 e. The van der Waals surface area contributed by atoms with E-state index in [2.05, 4.69) is 4.90 Å². The highest BCUT2D eigenvalue weighted by Gasteiger charge is 2.17. The Bertz CT molecular complexity index is 421. The molecule has 1 fully saturated rings. The maximum absolute atomic E-state index is 13.8. The molecule has 0 bridgehead atoms. The maximum Gasteiger partial charge on any atom is 0.126 e. The summed E-state index contributed by atoms with van der Waals surface area (Å²) < 4.78 is 13.8. The molecule has 1 atom stereocenters. The summed E-state index contributed by atoms with van der Waals surface area (Å²) in [6, 6.07) is 3.46. The van der Waals surface area contributed by atoms with Crippen molar-refractivity contribution in [2.75, 3.05) is 18.0 Å². The van der Waals surface area contributed by atoms with Gasteiger partial charge in [0.2, 0.25) is 0 Å². The molecule has 1 aromatic carbocycles. The van der Waals surface area contributed by atoms with Crippen LogP contribution in [0.2, 0.25) is 0 Å². The molecule has 0 amide bonds. The minimum Gasteiger partial charge on any atom is -0.371 e. The second-order valence-electron chi connectivity index (χ2n) is 5.70. The van der Waals surface area contributed by atoms with Crippen LogP contribution in [0, 0.1) is 12.7 Å². The molecule has 0 aromatic heterocycles. The quantitative estimate of drug-likeness (QED) is 0.877. The molecule has 0 aliphatic carbocycles. The molecule has 1 aromatic rings. The van der Waals surface area contributed by atoms with Crippen molar-refractivity contribution >= 4 is 5.69 Å². The molecule has 0 saturated carbocycles. The summed E-state index contributed by atoms with van der Waals surface area (Å²) in [5.41, 5.74) is 8.80. The summed E-state index contributed by atoms with van der Waals surface area (Å²) in [7, 11) is 0. The van der Waals surface area contributed by atoms with Gasteiger partial charge in [-0.25, -0.2) is 4.39 Å². The van der Waals surface area contributed by atoms with Crippen molar-refractivity contribution in [2.45, 2.75) is 52.0 Å². The fraction of sp³-hybridized carbons (Fsp3) is 0.625. The normalized spacial score (nSPS) is 18.8. The molecular formula is C16H25FN2. The van der Waals surface area contributed by atoms with Gasteiger partial charge in [0.25, 0.3) is 0 Å². The zero-order valence-corrected chi connectivity index (χ0v) is 12.1. The van der Waals surface area contributed by atoms with E-state index >= 15 is 0 Å². The third-order valence-electron chi connectivity index (χ3n) is 4.00. The molecular weight excluding hydrogens is 239 g/mol. The highest BCUT2D eigenvalue weighted by atomic mass is 19.1. The standard InChI is InChI=1S/C16H25FN2/c1-12-10-16(14(13(2)18)11-15(12)17)19-8-6-4-3-5-7-9-19/h10-11,13H,3-9,18H2,1-2H3/t13-/m1/s1. The van der Waals surface area contributed by atoms with Crippen LogP contribution >= 0.6 is 0 Å². The number of nitrogens with two attached hydrogens (primary N) is 1. The van der Waals surface area contributed by atoms with Gasteiger partial charge in [-0.1, -0.05) is 19.3 Å². The molecule has 0 unspecified atom stereocenters. The lowest BCUT2D eigenvalue weighted by atomic mass is 10.0. The Labute approximate surface area is 115 Å². The predicted molar refractivity (Wildman–Crippen MR) is 79.0 cm³/mol. The van der Waals surface area contributed by atoms with Crippen LogP contribution in [-0.4, -0.2) is 13.1 Å². The molecule has 3 heteroatoms. The molecule has 19 heavy (non-hydrogen) atoms. The molecule has 0 spiro atoms. The molecule has 2 N–H and O–H groups in total. The van der Waals surface area contributed by atoms with E-state index in [0.29, 0.717) is 5.56 Å². The molecule has 1 saturated heterocycles. The molecule has 1 aliphatic rings. The van der Waals surface area contributed by atoms with Crippen molar-refractivity contribution in [3.8, 4) is 0 Å². The first kappa shape index (κ1) is 14.3. The minimum atomic E-state index is -0.150. The van der Waals surface area contributed by atoms with Crippen LogP contribution < -0.4 is 10.6 Å². The number of anilines is 1. The monoisotopic (exact) mass is 264 g/mol. The minimum absolute atomic E-state index is 0.129. The first-order valence-corrected chi connectivity index (χ1v) is 7.40. The zero-order valence-electron chi connectivity index (χ0n) is 12.1. The second-order valence-corrected chi connectivity index (χ2v) is 5.70. The van der Waals surface area contributed by atoms with Crippen molar-refractivity contribution in [2.24, 2.45) is 5.73 Å². The van der Waals surface area contributed by atoms with Crippen molar-refractivity contribution in [1.82, 2.24) is 0 Å². The van der Waals surface area contributed by atoms with E-state index < -0.39 is 0 Å². The Hall–Kier alpha value is -1.09. The van der Waals surface area contributed by atoms with Gasteiger partial charge in [0, 0.05) is 24.8 Å². The highest BCUT2D eigenvalue weighted by Crippen LogP contribution is 2.29. The number of rotatable bonds is 2. The Kier molecular flexibility index (Phi) is 4.81. The lowest BCUT2D eigenvalue weighted by molar-refractivity contribution is 0.553. The maximum atomic E-state index is 13.8. The molecule has 106 valence electrons. The second kappa shape index (κ2) is 6.38. The highest BCUT2D eigenvalue weighted by molar-refractivity contribution is 5.57. The van der Waals surface area contributed by atoms with Crippen LogP contribution in [0.15, 0.2) is 12.1 Å². The topological polar surface area (TPSA) is 29.3 Å². The number of hydrogen-bond donors (Lipinski definition) is 1. The van der Waals surface area contributed by atoms with Crippen molar-refractivity contribution in [3.63, 3.8) is 0 Å². The Morgan fingerprint density at radius 1 is 1.11 bits per heavy atom. The summed E-state index contributed by atoms with van der Waals surface area (Å²) >= 11 is 0. The van der Waals surface area contributed by atoms with Gasteiger partial charge in [0.05, 0.1) is 0 Å². The zero-order chi connectivity index (χ0) is 13.8. The lowest BCUT2D eigenvalue weighted by Crippen LogP contribution is -2.29. The van der Waals surface area contributed by atoms with Crippen molar-refractivity contribution < 1.29 is 4.39 Å². The summed E-state index contributed by atoms with van der Waals surface area (Å²) in [6.07, 6.45) is 6.37. The summed E-state index contributed by atoms with van der Waals surface area (Å²) in [5.74, 6) is -0.150. The van der Waals surface area contributed by atoms with E-state index in [1.165, 1.54) is 32.1 Å². The number of halogens is 1. The van der Waals surface area contributed by atoms with Gasteiger partial charge < -0.3 is 10.6 Å². The van der Waals surface area contributed by atoms with Gasteiger partial charge in [0.1, 0.15) is 5.82 Å². The van der Waals surface area contributed by atoms with Gasteiger partial charge in [-0.15, -0.1) is 0 Å². The third kappa shape index (κ3) is 3.47. The fourth-order valence-corrected chi connectivity index (χ4v) is 2.81. The number of aryl methyl sites for hydroxylation is 1. The van der Waals surface area contributed by atoms with Crippen LogP contribution in [0.5, 0.6) is 0 Å². The SMILES string of the molecule is Cc1cc(N2CCCCCCC2)c([C@@H](C)N)cc1F. The average Bonchev–Trinajstić information content (AvgIpc) is 2.32. The summed E-state index contributed by atoms with van der Waals surface area (Å²) in [6.45, 7) is 5.88. The summed E-state index contributed by atoms with van der Waals surface area (Å²) in [5, 5.41) is 0. The van der Waals surface area contributed by atoms with Crippen LogP contribution in [0.4, 0.5) is 10.1 Å². The van der Waals surface area contributed by atoms with E-state index in [9.17, 15) is 4.39 Å². The van der Waals surface area contributed by atoms with Crippen molar-refractivity contribution in [1.29, 1.82) is 0 Å². The average molecular weight is 264 g/mol. The lowest BCUT2D eigenvalue weighted by Gasteiger charge is -2.30. The Balaban J connectivity index is 2.32. The van der Waals surface area contributed by atoms with Gasteiger partial charge in [-0.3, -0.25) is 0 Å². The molecule has 2 rings (SSSR count). The van der Waals surface area contributed by atoms with Crippen molar-refractivity contribution in [3.05, 3.63) is 29.1 Å². The van der Waals surface area contributed by atoms with E-state index in [1.807, 2.05) is 19.9 Å². The molecule has 1 aliphatic heterocycles. The van der Waals surface area contributed by atoms with Crippen LogP contribution in [-0.2, 0) is 0 Å². The van der Waals surface area contributed by atoms with E-state index in [-0.39, 0.29) is 11.9 Å². The number of hydrogen-bond acceptors (Lipinski definition) is 2. The third-order valence-corrected chi connectivity index (χ3v) is 4.00. The van der Waals surface area contributed by atoms with Crippen LogP contribution in [0.1, 0.15) is 56.2 Å². The molecule has 0 radical (unpaired) electrons. The van der Waals surface area contributed by atoms with Gasteiger partial charge in [-0.2, -0.15) is 0 Å². The van der Waals surface area contributed by atoms with E-state index in [1.54, 1.807) is 6.07 Å².